The van der Waals surface area contributed by atoms with Gasteiger partial charge in [-0.1, -0.05) is 30.3 Å². The first-order valence-electron chi connectivity index (χ1n) is 5.54. The molecule has 0 aliphatic rings. The van der Waals surface area contributed by atoms with Crippen LogP contribution in [0.2, 0.25) is 0 Å². The lowest BCUT2D eigenvalue weighted by Gasteiger charge is -2.16. The van der Waals surface area contributed by atoms with E-state index in [2.05, 4.69) is 71.6 Å². The molecule has 0 unspecified atom stereocenters. The first-order chi connectivity index (χ1) is 7.61. The molecule has 0 saturated heterocycles. The quantitative estimate of drug-likeness (QED) is 0.743. The van der Waals surface area contributed by atoms with E-state index in [0.29, 0.717) is 6.04 Å². The number of hydrogen-bond acceptors (Lipinski definition) is 0. The molecular formula is C14H16BrN. The zero-order valence-electron chi connectivity index (χ0n) is 9.87. The fraction of sp³-hybridized carbons (Fsp3) is 0.286. The molecule has 1 nitrogen and oxygen atoms in total. The van der Waals surface area contributed by atoms with Gasteiger partial charge < -0.3 is 4.57 Å². The molecule has 2 rings (SSSR count). The van der Waals surface area contributed by atoms with Crippen molar-refractivity contribution in [1.29, 1.82) is 0 Å². The molecule has 0 amide bonds. The maximum atomic E-state index is 3.65. The lowest BCUT2D eigenvalue weighted by atomic mass is 10.1. The largest absolute Gasteiger partial charge is 0.341 e. The van der Waals surface area contributed by atoms with Crippen molar-refractivity contribution in [3.63, 3.8) is 0 Å². The van der Waals surface area contributed by atoms with Gasteiger partial charge in [-0.15, -0.1) is 0 Å². The summed E-state index contributed by atoms with van der Waals surface area (Å²) in [7, 11) is 0. The van der Waals surface area contributed by atoms with E-state index in [1.54, 1.807) is 0 Å². The fourth-order valence-electron chi connectivity index (χ4n) is 2.15. The summed E-state index contributed by atoms with van der Waals surface area (Å²) in [6.45, 7) is 6.58. The number of hydrogen-bond donors (Lipinski definition) is 0. The minimum Gasteiger partial charge on any atom is -0.341 e. The first-order valence-corrected chi connectivity index (χ1v) is 6.33. The molecule has 1 aromatic heterocycles. The summed E-state index contributed by atoms with van der Waals surface area (Å²) in [6, 6.07) is 13.2. The monoisotopic (exact) mass is 277 g/mol. The van der Waals surface area contributed by atoms with E-state index >= 15 is 0 Å². The summed E-state index contributed by atoms with van der Waals surface area (Å²) in [4.78, 5) is 0. The van der Waals surface area contributed by atoms with Gasteiger partial charge in [0.05, 0.1) is 5.69 Å². The summed E-state index contributed by atoms with van der Waals surface area (Å²) in [5, 5.41) is 0. The lowest BCUT2D eigenvalue weighted by molar-refractivity contribution is 0.594. The molecule has 0 saturated carbocycles. The molecule has 0 N–H and O–H groups in total. The Morgan fingerprint density at radius 2 is 1.75 bits per heavy atom. The van der Waals surface area contributed by atoms with Crippen molar-refractivity contribution < 1.29 is 0 Å². The molecule has 16 heavy (non-hydrogen) atoms. The number of rotatable bonds is 2. The van der Waals surface area contributed by atoms with Crippen molar-refractivity contribution in [2.45, 2.75) is 26.8 Å². The highest BCUT2D eigenvalue weighted by atomic mass is 79.9. The van der Waals surface area contributed by atoms with Gasteiger partial charge in [-0.25, -0.2) is 0 Å². The number of halogens is 1. The molecule has 0 bridgehead atoms. The second kappa shape index (κ2) is 4.46. The van der Waals surface area contributed by atoms with E-state index in [-0.39, 0.29) is 0 Å². The van der Waals surface area contributed by atoms with Crippen molar-refractivity contribution in [3.05, 3.63) is 46.6 Å². The summed E-state index contributed by atoms with van der Waals surface area (Å²) in [6.07, 6.45) is 0. The van der Waals surface area contributed by atoms with Crippen LogP contribution in [-0.2, 0) is 0 Å². The van der Waals surface area contributed by atoms with Crippen LogP contribution in [0, 0.1) is 6.92 Å². The molecule has 84 valence electrons. The Hall–Kier alpha value is -1.02. The third kappa shape index (κ3) is 1.94. The number of nitrogens with zero attached hydrogens (tertiary/aromatic N) is 1. The molecule has 0 fully saturated rings. The topological polar surface area (TPSA) is 4.93 Å². The predicted molar refractivity (Wildman–Crippen MR) is 72.7 cm³/mol. The minimum atomic E-state index is 0.474. The molecule has 1 heterocycles. The Bertz CT molecular complexity index is 483. The standard InChI is InChI=1S/C14H16BrN/c1-10(2)16-11(3)9-13(15)14(16)12-7-5-4-6-8-12/h4-10H,1-3H3. The van der Waals surface area contributed by atoms with E-state index in [0.717, 1.165) is 0 Å². The van der Waals surface area contributed by atoms with Crippen molar-refractivity contribution >= 4 is 15.9 Å². The van der Waals surface area contributed by atoms with Crippen molar-refractivity contribution in [2.75, 3.05) is 0 Å². The van der Waals surface area contributed by atoms with Gasteiger partial charge in [-0.3, -0.25) is 0 Å². The van der Waals surface area contributed by atoms with Crippen LogP contribution in [0.1, 0.15) is 25.6 Å². The van der Waals surface area contributed by atoms with Crippen LogP contribution >= 0.6 is 15.9 Å². The van der Waals surface area contributed by atoms with Crippen LogP contribution < -0.4 is 0 Å². The SMILES string of the molecule is Cc1cc(Br)c(-c2ccccc2)n1C(C)C. The highest BCUT2D eigenvalue weighted by Gasteiger charge is 2.14. The van der Waals surface area contributed by atoms with E-state index in [9.17, 15) is 0 Å². The van der Waals surface area contributed by atoms with Crippen LogP contribution in [-0.4, -0.2) is 4.57 Å². The maximum Gasteiger partial charge on any atom is 0.0629 e. The van der Waals surface area contributed by atoms with Crippen LogP contribution in [0.15, 0.2) is 40.9 Å². The molecule has 0 spiro atoms. The van der Waals surface area contributed by atoms with E-state index in [1.807, 2.05) is 6.07 Å². The van der Waals surface area contributed by atoms with Crippen LogP contribution in [0.5, 0.6) is 0 Å². The summed E-state index contributed by atoms with van der Waals surface area (Å²) >= 11 is 3.65. The highest BCUT2D eigenvalue weighted by Crippen LogP contribution is 2.33. The number of benzene rings is 1. The van der Waals surface area contributed by atoms with Gasteiger partial charge in [0.1, 0.15) is 0 Å². The van der Waals surface area contributed by atoms with E-state index in [1.165, 1.54) is 21.4 Å². The van der Waals surface area contributed by atoms with Crippen LogP contribution in [0.3, 0.4) is 0 Å². The summed E-state index contributed by atoms with van der Waals surface area (Å²) in [5.41, 5.74) is 3.82. The average molecular weight is 278 g/mol. The zero-order valence-corrected chi connectivity index (χ0v) is 11.5. The van der Waals surface area contributed by atoms with Gasteiger partial charge in [-0.2, -0.15) is 0 Å². The number of aromatic nitrogens is 1. The maximum absolute atomic E-state index is 3.65. The summed E-state index contributed by atoms with van der Waals surface area (Å²) < 4.78 is 3.53. The molecule has 0 atom stereocenters. The third-order valence-electron chi connectivity index (χ3n) is 2.75. The Morgan fingerprint density at radius 3 is 2.31 bits per heavy atom. The molecular weight excluding hydrogens is 262 g/mol. The minimum absolute atomic E-state index is 0.474. The Balaban J connectivity index is 2.65. The Kier molecular flexibility index (Phi) is 3.20. The van der Waals surface area contributed by atoms with Crippen molar-refractivity contribution in [3.8, 4) is 11.3 Å². The third-order valence-corrected chi connectivity index (χ3v) is 3.35. The summed E-state index contributed by atoms with van der Waals surface area (Å²) in [5.74, 6) is 0. The second-order valence-electron chi connectivity index (χ2n) is 4.31. The van der Waals surface area contributed by atoms with Crippen LogP contribution in [0.4, 0.5) is 0 Å². The van der Waals surface area contributed by atoms with E-state index < -0.39 is 0 Å². The highest BCUT2D eigenvalue weighted by molar-refractivity contribution is 9.10. The smallest absolute Gasteiger partial charge is 0.0629 e. The van der Waals surface area contributed by atoms with Crippen molar-refractivity contribution in [2.24, 2.45) is 0 Å². The molecule has 0 aliphatic heterocycles. The number of aryl methyl sites for hydroxylation is 1. The Labute approximate surface area is 105 Å². The van der Waals surface area contributed by atoms with Crippen molar-refractivity contribution in [1.82, 2.24) is 4.57 Å². The van der Waals surface area contributed by atoms with Gasteiger partial charge in [0.25, 0.3) is 0 Å². The fourth-order valence-corrected chi connectivity index (χ4v) is 2.90. The predicted octanol–water partition coefficient (Wildman–Crippen LogP) is 4.81. The average Bonchev–Trinajstić information content (AvgIpc) is 2.55. The second-order valence-corrected chi connectivity index (χ2v) is 5.17. The molecule has 1 aromatic carbocycles. The zero-order chi connectivity index (χ0) is 11.7. The molecule has 2 aromatic rings. The van der Waals surface area contributed by atoms with Gasteiger partial charge in [0, 0.05) is 16.2 Å². The van der Waals surface area contributed by atoms with Gasteiger partial charge >= 0.3 is 0 Å². The molecule has 0 aliphatic carbocycles. The normalized spacial score (nSPS) is 11.1. The molecule has 0 radical (unpaired) electrons. The van der Waals surface area contributed by atoms with Gasteiger partial charge in [0.15, 0.2) is 0 Å². The molecule has 2 heteroatoms. The van der Waals surface area contributed by atoms with Gasteiger partial charge in [-0.05, 0) is 48.3 Å². The van der Waals surface area contributed by atoms with Crippen LogP contribution in [0.25, 0.3) is 11.3 Å². The Morgan fingerprint density at radius 1 is 1.12 bits per heavy atom. The lowest BCUT2D eigenvalue weighted by Crippen LogP contribution is -2.04. The first kappa shape index (κ1) is 11.5. The van der Waals surface area contributed by atoms with Gasteiger partial charge in [0.2, 0.25) is 0 Å². The van der Waals surface area contributed by atoms with E-state index in [4.69, 9.17) is 0 Å².